The number of fused-ring (bicyclic) bond motifs is 4. The number of allylic oxidation sites excluding steroid dienone is 2. The van der Waals surface area contributed by atoms with Gasteiger partial charge in [-0.15, -0.1) is 0 Å². The quantitative estimate of drug-likeness (QED) is 0.603. The molecule has 0 bridgehead atoms. The van der Waals surface area contributed by atoms with Crippen molar-refractivity contribution < 1.29 is 21.8 Å². The lowest BCUT2D eigenvalue weighted by atomic mass is 9.84. The molecule has 2 nitrogen and oxygen atoms in total. The molecule has 2 aliphatic carbocycles. The number of rotatable bonds is 2. The molecule has 0 N–H and O–H groups in total. The average Bonchev–Trinajstić information content (AvgIpc) is 2.59. The van der Waals surface area contributed by atoms with Crippen molar-refractivity contribution in [3.8, 4) is 0 Å². The van der Waals surface area contributed by atoms with E-state index in [1.54, 1.807) is 18.3 Å². The molecule has 0 saturated carbocycles. The molecule has 0 aromatic carbocycles. The zero-order valence-electron chi connectivity index (χ0n) is 8.50. The summed E-state index contributed by atoms with van der Waals surface area (Å²) in [6.07, 6.45) is 4.82. The highest BCUT2D eigenvalue weighted by Crippen LogP contribution is 2.52. The van der Waals surface area contributed by atoms with E-state index in [0.717, 1.165) is 0 Å². The third-order valence-corrected chi connectivity index (χ3v) is 4.10. The first-order valence-electron chi connectivity index (χ1n) is 4.98. The van der Waals surface area contributed by atoms with Crippen LogP contribution in [0.2, 0.25) is 0 Å². The van der Waals surface area contributed by atoms with Gasteiger partial charge in [-0.05, 0) is 12.8 Å². The highest BCUT2D eigenvalue weighted by atomic mass is 35.5. The van der Waals surface area contributed by atoms with E-state index in [-0.39, 0.29) is 18.2 Å². The van der Waals surface area contributed by atoms with Gasteiger partial charge in [-0.1, -0.05) is 17.4 Å². The van der Waals surface area contributed by atoms with Crippen LogP contribution in [-0.2, 0) is 11.3 Å². The van der Waals surface area contributed by atoms with Crippen LogP contribution in [0.3, 0.4) is 0 Å². The monoisotopic (exact) mass is 241 g/mol. The summed E-state index contributed by atoms with van der Waals surface area (Å²) in [5.41, 5.74) is 4.92. The number of carbonyl (C=O) groups excluding carboxylic acids is 1. The van der Waals surface area contributed by atoms with E-state index in [2.05, 4.69) is 16.2 Å². The van der Waals surface area contributed by atoms with Crippen molar-refractivity contribution >= 4 is 22.7 Å². The number of halogens is 1. The molecule has 1 aromatic rings. The van der Waals surface area contributed by atoms with Gasteiger partial charge in [0.15, 0.2) is 5.78 Å². The van der Waals surface area contributed by atoms with Gasteiger partial charge in [0.1, 0.15) is 0 Å². The van der Waals surface area contributed by atoms with Gasteiger partial charge in [0, 0.05) is 18.4 Å². The second kappa shape index (κ2) is 3.72. The Labute approximate surface area is 99.0 Å². The van der Waals surface area contributed by atoms with E-state index < -0.39 is 0 Å². The van der Waals surface area contributed by atoms with E-state index in [1.807, 2.05) is 0 Å². The van der Waals surface area contributed by atoms with E-state index in [0.29, 0.717) is 12.5 Å². The van der Waals surface area contributed by atoms with E-state index in [1.165, 1.54) is 29.0 Å². The summed E-state index contributed by atoms with van der Waals surface area (Å²) in [6.45, 7) is 2.19. The summed E-state index contributed by atoms with van der Waals surface area (Å²) in [6, 6.07) is 0. The fourth-order valence-electron chi connectivity index (χ4n) is 2.44. The number of aromatic nitrogens is 1. The van der Waals surface area contributed by atoms with Gasteiger partial charge >= 0.3 is 0 Å². The SMILES string of the molecule is CC(=O)C[n+]1csc2c1C1=CCCC12.[Cl-]. The summed E-state index contributed by atoms with van der Waals surface area (Å²) in [5.74, 6) is 0.945. The van der Waals surface area contributed by atoms with Crippen LogP contribution in [-0.4, -0.2) is 5.78 Å². The molecule has 2 aliphatic rings. The predicted octanol–water partition coefficient (Wildman–Crippen LogP) is -1.10. The van der Waals surface area contributed by atoms with Gasteiger partial charge in [-0.2, -0.15) is 4.57 Å². The van der Waals surface area contributed by atoms with Crippen LogP contribution in [0.1, 0.15) is 36.3 Å². The highest BCUT2D eigenvalue weighted by molar-refractivity contribution is 7.10. The summed E-state index contributed by atoms with van der Waals surface area (Å²) < 4.78 is 2.11. The summed E-state index contributed by atoms with van der Waals surface area (Å²) >= 11 is 1.81. The molecule has 0 amide bonds. The van der Waals surface area contributed by atoms with Crippen LogP contribution >= 0.6 is 11.3 Å². The molecular formula is C11H12ClNOS. The fourth-order valence-corrected chi connectivity index (χ4v) is 3.62. The number of carbonyl (C=O) groups is 1. The minimum atomic E-state index is 0. The van der Waals surface area contributed by atoms with Crippen LogP contribution in [0.25, 0.3) is 5.57 Å². The van der Waals surface area contributed by atoms with Crippen LogP contribution in [0.15, 0.2) is 11.6 Å². The summed E-state index contributed by atoms with van der Waals surface area (Å²) in [5, 5.41) is 0. The van der Waals surface area contributed by atoms with Crippen LogP contribution in [0.4, 0.5) is 0 Å². The largest absolute Gasteiger partial charge is 1.00 e. The summed E-state index contributed by atoms with van der Waals surface area (Å²) in [4.78, 5) is 12.6. The Kier molecular flexibility index (Phi) is 2.69. The average molecular weight is 242 g/mol. The first-order chi connectivity index (χ1) is 6.77. The maximum atomic E-state index is 11.1. The predicted molar refractivity (Wildman–Crippen MR) is 55.1 cm³/mol. The number of ketones is 1. The maximum absolute atomic E-state index is 11.1. The maximum Gasteiger partial charge on any atom is 0.225 e. The number of nitrogens with zero attached hydrogens (tertiary/aromatic N) is 1. The third kappa shape index (κ3) is 1.45. The fraction of sp³-hybridized carbons (Fsp3) is 0.455. The Morgan fingerprint density at radius 3 is 3.20 bits per heavy atom. The van der Waals surface area contributed by atoms with E-state index in [4.69, 9.17) is 0 Å². The minimum absolute atomic E-state index is 0. The van der Waals surface area contributed by atoms with Crippen molar-refractivity contribution in [3.05, 3.63) is 22.2 Å². The molecule has 0 spiro atoms. The molecule has 0 aliphatic heterocycles. The number of hydrogen-bond acceptors (Lipinski definition) is 2. The van der Waals surface area contributed by atoms with Gasteiger partial charge in [0.05, 0.1) is 4.88 Å². The van der Waals surface area contributed by atoms with E-state index in [9.17, 15) is 4.79 Å². The Balaban J connectivity index is 0.000000853. The van der Waals surface area contributed by atoms with Crippen LogP contribution < -0.4 is 17.0 Å². The lowest BCUT2D eigenvalue weighted by Crippen LogP contribution is -3.00. The standard InChI is InChI=1S/C11H12NOS.ClH/c1-7(13)5-12-6-14-11-9-4-2-3-8(9)10(11)12;/h3,6,9H,2,4-5H2,1H3;1H/q+1;/p-1. The molecule has 0 fully saturated rings. The Morgan fingerprint density at radius 1 is 1.67 bits per heavy atom. The first kappa shape index (κ1) is 10.8. The molecule has 1 unspecified atom stereocenters. The Hall–Kier alpha value is -0.670. The second-order valence-electron chi connectivity index (χ2n) is 4.06. The van der Waals surface area contributed by atoms with Crippen LogP contribution in [0.5, 0.6) is 0 Å². The van der Waals surface area contributed by atoms with Gasteiger partial charge in [-0.25, -0.2) is 0 Å². The van der Waals surface area contributed by atoms with E-state index >= 15 is 0 Å². The van der Waals surface area contributed by atoms with Crippen molar-refractivity contribution in [2.24, 2.45) is 0 Å². The van der Waals surface area contributed by atoms with Crippen molar-refractivity contribution in [2.45, 2.75) is 32.2 Å². The van der Waals surface area contributed by atoms with Gasteiger partial charge in [0.25, 0.3) is 0 Å². The second-order valence-corrected chi connectivity index (χ2v) is 4.94. The number of Topliss-reactive ketones (excluding diaryl/α,β-unsaturated/α-hetero) is 1. The molecular weight excluding hydrogens is 230 g/mol. The molecule has 1 aromatic heterocycles. The minimum Gasteiger partial charge on any atom is -1.00 e. The van der Waals surface area contributed by atoms with Crippen molar-refractivity contribution in [1.82, 2.24) is 0 Å². The molecule has 1 heterocycles. The molecule has 0 radical (unpaired) electrons. The molecule has 15 heavy (non-hydrogen) atoms. The third-order valence-electron chi connectivity index (χ3n) is 3.01. The van der Waals surface area contributed by atoms with Crippen molar-refractivity contribution in [1.29, 1.82) is 0 Å². The number of thiazole rings is 1. The topological polar surface area (TPSA) is 20.9 Å². The van der Waals surface area contributed by atoms with Crippen molar-refractivity contribution in [2.75, 3.05) is 0 Å². The smallest absolute Gasteiger partial charge is 0.225 e. The summed E-state index contributed by atoms with van der Waals surface area (Å²) in [7, 11) is 0. The van der Waals surface area contributed by atoms with Crippen molar-refractivity contribution in [3.63, 3.8) is 0 Å². The zero-order valence-corrected chi connectivity index (χ0v) is 10.1. The lowest BCUT2D eigenvalue weighted by Gasteiger charge is -2.20. The Morgan fingerprint density at radius 2 is 2.47 bits per heavy atom. The lowest BCUT2D eigenvalue weighted by molar-refractivity contribution is -0.683. The molecule has 4 heteroatoms. The number of hydrogen-bond donors (Lipinski definition) is 0. The molecule has 80 valence electrons. The van der Waals surface area contributed by atoms with Gasteiger partial charge in [0.2, 0.25) is 17.7 Å². The molecule has 1 atom stereocenters. The Bertz CT molecular complexity index is 449. The van der Waals surface area contributed by atoms with Gasteiger partial charge in [-0.3, -0.25) is 4.79 Å². The van der Waals surface area contributed by atoms with Gasteiger partial charge < -0.3 is 12.4 Å². The normalized spacial score (nSPS) is 20.9. The molecule has 0 saturated heterocycles. The molecule has 3 rings (SSSR count). The van der Waals surface area contributed by atoms with Crippen LogP contribution in [0, 0.1) is 0 Å². The zero-order chi connectivity index (χ0) is 9.71. The highest BCUT2D eigenvalue weighted by Gasteiger charge is 2.44. The first-order valence-corrected chi connectivity index (χ1v) is 5.86.